The third-order valence-electron chi connectivity index (χ3n) is 4.13. The van der Waals surface area contributed by atoms with Gasteiger partial charge in [0.05, 0.1) is 12.0 Å². The second-order valence-electron chi connectivity index (χ2n) is 6.05. The molecule has 26 heavy (non-hydrogen) atoms. The molecule has 132 valence electrons. The highest BCUT2D eigenvalue weighted by Crippen LogP contribution is 2.19. The summed E-state index contributed by atoms with van der Waals surface area (Å²) >= 11 is 5.36. The van der Waals surface area contributed by atoms with E-state index in [1.54, 1.807) is 12.5 Å². The first kappa shape index (κ1) is 17.8. The van der Waals surface area contributed by atoms with Crippen molar-refractivity contribution in [3.63, 3.8) is 0 Å². The number of nitrogens with zero attached hydrogens (tertiary/aromatic N) is 3. The molecule has 0 aliphatic rings. The summed E-state index contributed by atoms with van der Waals surface area (Å²) in [6.45, 7) is 6.05. The van der Waals surface area contributed by atoms with E-state index in [4.69, 9.17) is 12.2 Å². The SMILES string of the molecule is C/C(=N\NC(=S)Nc1c(C)cccc1C)c1ccc(-n2ccnc2)cc1. The molecule has 6 heteroatoms. The van der Waals surface area contributed by atoms with Gasteiger partial charge in [-0.2, -0.15) is 5.10 Å². The van der Waals surface area contributed by atoms with Gasteiger partial charge in [0.2, 0.25) is 0 Å². The average molecular weight is 363 g/mol. The van der Waals surface area contributed by atoms with Crippen molar-refractivity contribution in [2.75, 3.05) is 5.32 Å². The molecule has 2 aromatic carbocycles. The summed E-state index contributed by atoms with van der Waals surface area (Å²) in [6.07, 6.45) is 5.44. The summed E-state index contributed by atoms with van der Waals surface area (Å²) in [5.74, 6) is 0. The molecular weight excluding hydrogens is 342 g/mol. The van der Waals surface area contributed by atoms with E-state index in [0.29, 0.717) is 5.11 Å². The minimum absolute atomic E-state index is 0.469. The molecule has 1 aromatic heterocycles. The van der Waals surface area contributed by atoms with Crippen LogP contribution in [-0.2, 0) is 0 Å². The van der Waals surface area contributed by atoms with Crippen LogP contribution in [0.3, 0.4) is 0 Å². The van der Waals surface area contributed by atoms with Gasteiger partial charge < -0.3 is 9.88 Å². The van der Waals surface area contributed by atoms with Crippen LogP contribution in [0.1, 0.15) is 23.6 Å². The van der Waals surface area contributed by atoms with Gasteiger partial charge in [-0.25, -0.2) is 4.98 Å². The largest absolute Gasteiger partial charge is 0.331 e. The standard InChI is InChI=1S/C20H21N5S/c1-14-5-4-6-15(2)19(14)22-20(26)24-23-16(3)17-7-9-18(10-8-17)25-12-11-21-13-25/h4-13H,1-3H3,(H2,22,24,26)/b23-16+. The van der Waals surface area contributed by atoms with Crippen molar-refractivity contribution in [1.29, 1.82) is 0 Å². The molecule has 0 atom stereocenters. The van der Waals surface area contributed by atoms with Gasteiger partial charge in [-0.3, -0.25) is 5.43 Å². The Bertz CT molecular complexity index is 907. The summed E-state index contributed by atoms with van der Waals surface area (Å²) in [7, 11) is 0. The normalized spacial score (nSPS) is 11.3. The molecule has 1 heterocycles. The third-order valence-corrected chi connectivity index (χ3v) is 4.33. The fourth-order valence-electron chi connectivity index (χ4n) is 2.64. The van der Waals surface area contributed by atoms with Gasteiger partial charge in [-0.05, 0) is 61.8 Å². The molecule has 0 fully saturated rings. The Kier molecular flexibility index (Phi) is 5.43. The lowest BCUT2D eigenvalue weighted by molar-refractivity contribution is 1.03. The Balaban J connectivity index is 1.65. The number of thiocarbonyl (C=S) groups is 1. The van der Waals surface area contributed by atoms with Crippen LogP contribution in [-0.4, -0.2) is 20.4 Å². The Morgan fingerprint density at radius 3 is 2.38 bits per heavy atom. The van der Waals surface area contributed by atoms with Crippen molar-refractivity contribution in [2.24, 2.45) is 5.10 Å². The molecule has 0 amide bonds. The lowest BCUT2D eigenvalue weighted by atomic mass is 10.1. The zero-order chi connectivity index (χ0) is 18.5. The van der Waals surface area contributed by atoms with Crippen molar-refractivity contribution in [1.82, 2.24) is 15.0 Å². The third kappa shape index (κ3) is 4.15. The molecule has 0 aliphatic carbocycles. The quantitative estimate of drug-likeness (QED) is 0.414. The van der Waals surface area contributed by atoms with Gasteiger partial charge in [-0.1, -0.05) is 30.3 Å². The second-order valence-corrected chi connectivity index (χ2v) is 6.46. The first-order valence-electron chi connectivity index (χ1n) is 8.31. The number of aromatic nitrogens is 2. The number of hydrazone groups is 1. The number of anilines is 1. The van der Waals surface area contributed by atoms with Crippen molar-refractivity contribution >= 4 is 28.7 Å². The number of benzene rings is 2. The van der Waals surface area contributed by atoms with Gasteiger partial charge >= 0.3 is 0 Å². The number of imidazole rings is 1. The van der Waals surface area contributed by atoms with Gasteiger partial charge in [0, 0.05) is 23.8 Å². The summed E-state index contributed by atoms with van der Waals surface area (Å²) in [4.78, 5) is 4.06. The zero-order valence-electron chi connectivity index (χ0n) is 15.0. The molecular formula is C20H21N5S. The van der Waals surface area contributed by atoms with Crippen LogP contribution < -0.4 is 10.7 Å². The van der Waals surface area contributed by atoms with E-state index in [2.05, 4.69) is 20.8 Å². The number of hydrogen-bond donors (Lipinski definition) is 2. The lowest BCUT2D eigenvalue weighted by Crippen LogP contribution is -2.25. The van der Waals surface area contributed by atoms with Crippen LogP contribution in [0.5, 0.6) is 0 Å². The van der Waals surface area contributed by atoms with E-state index >= 15 is 0 Å². The van der Waals surface area contributed by atoms with Crippen LogP contribution in [0.4, 0.5) is 5.69 Å². The fourth-order valence-corrected chi connectivity index (χ4v) is 2.79. The Labute approximate surface area is 158 Å². The van der Waals surface area contributed by atoms with E-state index in [-0.39, 0.29) is 0 Å². The predicted molar refractivity (Wildman–Crippen MR) is 111 cm³/mol. The lowest BCUT2D eigenvalue weighted by Gasteiger charge is -2.13. The Morgan fingerprint density at radius 2 is 1.77 bits per heavy atom. The first-order chi connectivity index (χ1) is 12.5. The molecule has 0 saturated heterocycles. The molecule has 5 nitrogen and oxygen atoms in total. The number of rotatable bonds is 4. The minimum atomic E-state index is 0.469. The van der Waals surface area contributed by atoms with Crippen LogP contribution >= 0.6 is 12.2 Å². The molecule has 0 bridgehead atoms. The number of para-hydroxylation sites is 1. The maximum Gasteiger partial charge on any atom is 0.191 e. The number of hydrogen-bond acceptors (Lipinski definition) is 3. The Hall–Kier alpha value is -2.99. The fraction of sp³-hybridized carbons (Fsp3) is 0.150. The van der Waals surface area contributed by atoms with Crippen LogP contribution in [0.2, 0.25) is 0 Å². The van der Waals surface area contributed by atoms with E-state index in [9.17, 15) is 0 Å². The number of nitrogens with one attached hydrogen (secondary N) is 2. The highest BCUT2D eigenvalue weighted by atomic mass is 32.1. The summed E-state index contributed by atoms with van der Waals surface area (Å²) in [5, 5.41) is 8.07. The molecule has 3 aromatic rings. The number of aryl methyl sites for hydroxylation is 2. The molecule has 2 N–H and O–H groups in total. The summed E-state index contributed by atoms with van der Waals surface area (Å²) in [5.41, 5.74) is 9.16. The molecule has 0 spiro atoms. The molecule has 0 aliphatic heterocycles. The van der Waals surface area contributed by atoms with E-state index in [1.165, 1.54) is 0 Å². The average Bonchev–Trinajstić information content (AvgIpc) is 3.18. The maximum absolute atomic E-state index is 5.36. The highest BCUT2D eigenvalue weighted by Gasteiger charge is 2.04. The zero-order valence-corrected chi connectivity index (χ0v) is 15.8. The van der Waals surface area contributed by atoms with Crippen molar-refractivity contribution < 1.29 is 0 Å². The van der Waals surface area contributed by atoms with Crippen LogP contribution in [0, 0.1) is 13.8 Å². The molecule has 3 rings (SSSR count). The molecule has 0 saturated carbocycles. The first-order valence-corrected chi connectivity index (χ1v) is 8.71. The van der Waals surface area contributed by atoms with Crippen LogP contribution in [0.15, 0.2) is 66.3 Å². The smallest absolute Gasteiger partial charge is 0.191 e. The van der Waals surface area contributed by atoms with E-state index < -0.39 is 0 Å². The summed E-state index contributed by atoms with van der Waals surface area (Å²) < 4.78 is 1.96. The summed E-state index contributed by atoms with van der Waals surface area (Å²) in [6, 6.07) is 14.2. The van der Waals surface area contributed by atoms with E-state index in [0.717, 1.165) is 33.8 Å². The van der Waals surface area contributed by atoms with Crippen LogP contribution in [0.25, 0.3) is 5.69 Å². The van der Waals surface area contributed by atoms with E-state index in [1.807, 2.05) is 74.0 Å². The van der Waals surface area contributed by atoms with Crippen molar-refractivity contribution in [3.05, 3.63) is 77.9 Å². The van der Waals surface area contributed by atoms with Gasteiger partial charge in [0.15, 0.2) is 5.11 Å². The van der Waals surface area contributed by atoms with Crippen molar-refractivity contribution in [2.45, 2.75) is 20.8 Å². The van der Waals surface area contributed by atoms with Gasteiger partial charge in [-0.15, -0.1) is 0 Å². The topological polar surface area (TPSA) is 54.2 Å². The molecule has 0 radical (unpaired) electrons. The van der Waals surface area contributed by atoms with Crippen molar-refractivity contribution in [3.8, 4) is 5.69 Å². The van der Waals surface area contributed by atoms with Gasteiger partial charge in [0.25, 0.3) is 0 Å². The monoisotopic (exact) mass is 363 g/mol. The predicted octanol–water partition coefficient (Wildman–Crippen LogP) is 4.20. The Morgan fingerprint density at radius 1 is 1.08 bits per heavy atom. The second kappa shape index (κ2) is 7.93. The highest BCUT2D eigenvalue weighted by molar-refractivity contribution is 7.80. The maximum atomic E-state index is 5.36. The minimum Gasteiger partial charge on any atom is -0.331 e. The van der Waals surface area contributed by atoms with Gasteiger partial charge in [0.1, 0.15) is 0 Å². The molecule has 0 unspecified atom stereocenters.